The van der Waals surface area contributed by atoms with Crippen molar-refractivity contribution in [1.82, 2.24) is 20.4 Å². The van der Waals surface area contributed by atoms with Crippen LogP contribution in [-0.4, -0.2) is 35.4 Å². The molecule has 0 bridgehead atoms. The molecule has 1 heterocycles. The molecular weight excluding hydrogens is 338 g/mol. The van der Waals surface area contributed by atoms with Crippen molar-refractivity contribution in [2.45, 2.75) is 39.7 Å². The van der Waals surface area contributed by atoms with E-state index in [0.29, 0.717) is 6.54 Å². The van der Waals surface area contributed by atoms with Crippen LogP contribution in [0.2, 0.25) is 0 Å². The molecule has 0 atom stereocenters. The number of guanidine groups is 1. The van der Waals surface area contributed by atoms with Crippen LogP contribution in [0.3, 0.4) is 0 Å². The molecule has 1 aromatic carbocycles. The largest absolute Gasteiger partial charge is 0.493 e. The van der Waals surface area contributed by atoms with Crippen LogP contribution in [0.25, 0.3) is 0 Å². The molecule has 0 unspecified atom stereocenters. The van der Waals surface area contributed by atoms with Gasteiger partial charge in [0.25, 0.3) is 0 Å². The predicted molar refractivity (Wildman–Crippen MR) is 109 cm³/mol. The molecule has 1 saturated carbocycles. The number of rotatable bonds is 9. The summed E-state index contributed by atoms with van der Waals surface area (Å²) in [4.78, 5) is 4.75. The van der Waals surface area contributed by atoms with Gasteiger partial charge in [-0.15, -0.1) is 0 Å². The van der Waals surface area contributed by atoms with Crippen LogP contribution < -0.4 is 15.4 Å². The van der Waals surface area contributed by atoms with Gasteiger partial charge in [-0.05, 0) is 56.2 Å². The maximum atomic E-state index is 6.06. The first-order valence-electron chi connectivity index (χ1n) is 9.86. The maximum absolute atomic E-state index is 6.06. The summed E-state index contributed by atoms with van der Waals surface area (Å²) in [5.74, 6) is 2.54. The Bertz CT molecular complexity index is 764. The molecule has 1 aliphatic rings. The van der Waals surface area contributed by atoms with E-state index in [1.54, 1.807) is 0 Å². The molecule has 1 aromatic heterocycles. The normalized spacial score (nSPS) is 14.3. The number of hydrogen-bond acceptors (Lipinski definition) is 3. The second-order valence-corrected chi connectivity index (χ2v) is 7.26. The molecule has 6 heteroatoms. The summed E-state index contributed by atoms with van der Waals surface area (Å²) < 4.78 is 7.88. The topological polar surface area (TPSA) is 63.5 Å². The molecule has 0 amide bonds. The fourth-order valence-electron chi connectivity index (χ4n) is 2.85. The Morgan fingerprint density at radius 3 is 2.89 bits per heavy atom. The Labute approximate surface area is 162 Å². The summed E-state index contributed by atoms with van der Waals surface area (Å²) in [7, 11) is 1.94. The molecule has 6 nitrogen and oxygen atoms in total. The van der Waals surface area contributed by atoms with Gasteiger partial charge in [-0.1, -0.05) is 12.1 Å². The van der Waals surface area contributed by atoms with Crippen LogP contribution in [0.15, 0.2) is 35.6 Å². The van der Waals surface area contributed by atoms with Crippen molar-refractivity contribution >= 4 is 5.96 Å². The van der Waals surface area contributed by atoms with Crippen LogP contribution in [0.1, 0.15) is 36.5 Å². The molecule has 0 aliphatic heterocycles. The van der Waals surface area contributed by atoms with Crippen molar-refractivity contribution in [3.8, 4) is 5.75 Å². The van der Waals surface area contributed by atoms with Gasteiger partial charge in [0, 0.05) is 31.9 Å². The lowest BCUT2D eigenvalue weighted by Gasteiger charge is -2.13. The highest BCUT2D eigenvalue weighted by molar-refractivity contribution is 5.79. The average Bonchev–Trinajstić information content (AvgIpc) is 3.39. The van der Waals surface area contributed by atoms with E-state index in [-0.39, 0.29) is 0 Å². The molecular formula is C21H31N5O. The zero-order valence-corrected chi connectivity index (χ0v) is 16.7. The van der Waals surface area contributed by atoms with Crippen LogP contribution >= 0.6 is 0 Å². The predicted octanol–water partition coefficient (Wildman–Crippen LogP) is 2.82. The van der Waals surface area contributed by atoms with Gasteiger partial charge in [0.2, 0.25) is 0 Å². The molecule has 0 radical (unpaired) electrons. The number of aryl methyl sites for hydroxylation is 2. The van der Waals surface area contributed by atoms with Gasteiger partial charge in [0.05, 0.1) is 19.3 Å². The monoisotopic (exact) mass is 369 g/mol. The van der Waals surface area contributed by atoms with Gasteiger partial charge in [-0.2, -0.15) is 5.10 Å². The minimum absolute atomic E-state index is 0.600. The fraction of sp³-hybridized carbons (Fsp3) is 0.524. The Hall–Kier alpha value is -2.50. The van der Waals surface area contributed by atoms with Crippen LogP contribution in [0.4, 0.5) is 0 Å². The zero-order valence-electron chi connectivity index (χ0n) is 16.7. The van der Waals surface area contributed by atoms with Crippen molar-refractivity contribution in [2.75, 3.05) is 19.7 Å². The summed E-state index contributed by atoms with van der Waals surface area (Å²) in [6, 6.07) is 6.37. The second kappa shape index (κ2) is 9.44. The first kappa shape index (κ1) is 19.3. The summed E-state index contributed by atoms with van der Waals surface area (Å²) in [5, 5.41) is 10.9. The molecule has 0 saturated heterocycles. The van der Waals surface area contributed by atoms with Crippen molar-refractivity contribution in [1.29, 1.82) is 0 Å². The van der Waals surface area contributed by atoms with Gasteiger partial charge in [0.1, 0.15) is 5.75 Å². The van der Waals surface area contributed by atoms with E-state index in [4.69, 9.17) is 9.73 Å². The third-order valence-corrected chi connectivity index (χ3v) is 4.61. The minimum Gasteiger partial charge on any atom is -0.493 e. The maximum Gasteiger partial charge on any atom is 0.191 e. The molecule has 0 spiro atoms. The van der Waals surface area contributed by atoms with Gasteiger partial charge < -0.3 is 15.4 Å². The van der Waals surface area contributed by atoms with E-state index in [2.05, 4.69) is 47.8 Å². The van der Waals surface area contributed by atoms with E-state index in [1.165, 1.54) is 24.0 Å². The fourth-order valence-corrected chi connectivity index (χ4v) is 2.85. The highest BCUT2D eigenvalue weighted by Crippen LogP contribution is 2.30. The molecule has 2 N–H and O–H groups in total. The first-order chi connectivity index (χ1) is 13.1. The van der Waals surface area contributed by atoms with E-state index >= 15 is 0 Å². The van der Waals surface area contributed by atoms with Gasteiger partial charge in [-0.3, -0.25) is 4.68 Å². The van der Waals surface area contributed by atoms with Gasteiger partial charge >= 0.3 is 0 Å². The summed E-state index contributed by atoms with van der Waals surface area (Å²) in [6.45, 7) is 7.25. The molecule has 2 aromatic rings. The SMILES string of the molecule is CCNC(=NCc1ccc(C)cc1OCC1CC1)NCCc1cnn(C)c1. The molecule has 27 heavy (non-hydrogen) atoms. The van der Waals surface area contributed by atoms with Crippen molar-refractivity contribution < 1.29 is 4.74 Å². The minimum atomic E-state index is 0.600. The van der Waals surface area contributed by atoms with E-state index in [9.17, 15) is 0 Å². The second-order valence-electron chi connectivity index (χ2n) is 7.26. The Kier molecular flexibility index (Phi) is 6.74. The van der Waals surface area contributed by atoms with Gasteiger partial charge in [0.15, 0.2) is 5.96 Å². The quantitative estimate of drug-likeness (QED) is 0.527. The Morgan fingerprint density at radius 1 is 1.33 bits per heavy atom. The standard InChI is InChI=1S/C21H31N5O/c1-4-22-21(23-10-9-18-12-25-26(3)14-18)24-13-19-8-5-16(2)11-20(19)27-15-17-6-7-17/h5,8,11-12,14,17H,4,6-7,9-10,13,15H2,1-3H3,(H2,22,23,24). The highest BCUT2D eigenvalue weighted by atomic mass is 16.5. The number of aliphatic imine (C=N–C) groups is 1. The summed E-state index contributed by atoms with van der Waals surface area (Å²) in [6.07, 6.45) is 7.46. The number of aromatic nitrogens is 2. The number of hydrogen-bond donors (Lipinski definition) is 2. The Morgan fingerprint density at radius 2 is 2.19 bits per heavy atom. The number of nitrogens with one attached hydrogen (secondary N) is 2. The third kappa shape index (κ3) is 6.31. The molecule has 3 rings (SSSR count). The van der Waals surface area contributed by atoms with Crippen LogP contribution in [-0.2, 0) is 20.0 Å². The van der Waals surface area contributed by atoms with Crippen molar-refractivity contribution in [3.05, 3.63) is 47.3 Å². The molecule has 1 aliphatic carbocycles. The molecule has 1 fully saturated rings. The molecule has 146 valence electrons. The lowest BCUT2D eigenvalue weighted by molar-refractivity contribution is 0.296. The lowest BCUT2D eigenvalue weighted by Crippen LogP contribution is -2.38. The highest BCUT2D eigenvalue weighted by Gasteiger charge is 2.22. The smallest absolute Gasteiger partial charge is 0.191 e. The average molecular weight is 370 g/mol. The number of benzene rings is 1. The zero-order chi connectivity index (χ0) is 19.1. The van der Waals surface area contributed by atoms with Crippen LogP contribution in [0.5, 0.6) is 5.75 Å². The summed E-state index contributed by atoms with van der Waals surface area (Å²) in [5.41, 5.74) is 3.57. The van der Waals surface area contributed by atoms with Crippen molar-refractivity contribution in [3.63, 3.8) is 0 Å². The first-order valence-corrected chi connectivity index (χ1v) is 9.86. The lowest BCUT2D eigenvalue weighted by atomic mass is 10.1. The Balaban J connectivity index is 1.58. The van der Waals surface area contributed by atoms with Crippen molar-refractivity contribution in [2.24, 2.45) is 18.0 Å². The van der Waals surface area contributed by atoms with Gasteiger partial charge in [-0.25, -0.2) is 4.99 Å². The third-order valence-electron chi connectivity index (χ3n) is 4.61. The summed E-state index contributed by atoms with van der Waals surface area (Å²) >= 11 is 0. The van der Waals surface area contributed by atoms with E-state index in [1.807, 2.05) is 24.1 Å². The van der Waals surface area contributed by atoms with E-state index < -0.39 is 0 Å². The number of nitrogens with zero attached hydrogens (tertiary/aromatic N) is 3. The number of ether oxygens (including phenoxy) is 1. The van der Waals surface area contributed by atoms with Crippen LogP contribution in [0, 0.1) is 12.8 Å². The van der Waals surface area contributed by atoms with E-state index in [0.717, 1.165) is 49.3 Å².